The molecule has 0 radical (unpaired) electrons. The van der Waals surface area contributed by atoms with Crippen LogP contribution < -0.4 is 11.1 Å². The lowest BCUT2D eigenvalue weighted by Gasteiger charge is -2.12. The normalized spacial score (nSPS) is 10.4. The highest BCUT2D eigenvalue weighted by atomic mass is 79.9. The maximum atomic E-state index is 5.87. The molecule has 0 spiro atoms. The van der Waals surface area contributed by atoms with E-state index in [-0.39, 0.29) is 0 Å². The Labute approximate surface area is 124 Å². The fourth-order valence-corrected chi connectivity index (χ4v) is 2.82. The van der Waals surface area contributed by atoms with Crippen LogP contribution in [0.5, 0.6) is 0 Å². The zero-order chi connectivity index (χ0) is 13.3. The van der Waals surface area contributed by atoms with E-state index in [2.05, 4.69) is 56.2 Å². The lowest BCUT2D eigenvalue weighted by Crippen LogP contribution is -1.96. The number of nitrogen functional groups attached to an aromatic ring is 1. The predicted molar refractivity (Wildman–Crippen MR) is 85.5 cm³/mol. The average molecular weight is 370 g/mol. The zero-order valence-electron chi connectivity index (χ0n) is 10.2. The van der Waals surface area contributed by atoms with Crippen LogP contribution in [0, 0.1) is 13.8 Å². The summed E-state index contributed by atoms with van der Waals surface area (Å²) in [6, 6.07) is 10.2. The van der Waals surface area contributed by atoms with Crippen molar-refractivity contribution in [2.45, 2.75) is 13.8 Å². The monoisotopic (exact) mass is 368 g/mol. The third-order valence-corrected chi connectivity index (χ3v) is 3.79. The van der Waals surface area contributed by atoms with E-state index < -0.39 is 0 Å². The molecule has 0 aliphatic heterocycles. The van der Waals surface area contributed by atoms with Crippen molar-refractivity contribution in [3.8, 4) is 0 Å². The first-order valence-electron chi connectivity index (χ1n) is 5.55. The first kappa shape index (κ1) is 13.4. The standard InChI is InChI=1S/C14H14Br2N2/c1-8-3-10(15)6-11(4-8)18-14-5-9(2)13(17)7-12(14)16/h3-7,18H,17H2,1-2H3. The summed E-state index contributed by atoms with van der Waals surface area (Å²) in [5.41, 5.74) is 11.0. The molecule has 0 heterocycles. The molecular weight excluding hydrogens is 356 g/mol. The molecule has 0 bridgehead atoms. The molecule has 18 heavy (non-hydrogen) atoms. The summed E-state index contributed by atoms with van der Waals surface area (Å²) in [6.45, 7) is 4.07. The van der Waals surface area contributed by atoms with Gasteiger partial charge in [-0.05, 0) is 71.2 Å². The molecule has 0 fully saturated rings. The minimum absolute atomic E-state index is 0.790. The van der Waals surface area contributed by atoms with E-state index >= 15 is 0 Å². The molecule has 0 atom stereocenters. The summed E-state index contributed by atoms with van der Waals surface area (Å²) in [7, 11) is 0. The minimum Gasteiger partial charge on any atom is -0.398 e. The molecule has 3 N–H and O–H groups in total. The number of halogens is 2. The lowest BCUT2D eigenvalue weighted by atomic mass is 10.1. The van der Waals surface area contributed by atoms with E-state index in [1.807, 2.05) is 25.1 Å². The molecule has 0 aromatic heterocycles. The van der Waals surface area contributed by atoms with Crippen LogP contribution in [-0.4, -0.2) is 0 Å². The van der Waals surface area contributed by atoms with Gasteiger partial charge in [-0.2, -0.15) is 0 Å². The van der Waals surface area contributed by atoms with Gasteiger partial charge in [-0.15, -0.1) is 0 Å². The molecule has 0 saturated heterocycles. The van der Waals surface area contributed by atoms with Crippen molar-refractivity contribution in [3.63, 3.8) is 0 Å². The summed E-state index contributed by atoms with van der Waals surface area (Å²) >= 11 is 7.02. The molecule has 2 aromatic rings. The number of anilines is 3. The smallest absolute Gasteiger partial charge is 0.0532 e. The van der Waals surface area contributed by atoms with Crippen LogP contribution in [0.25, 0.3) is 0 Å². The first-order valence-corrected chi connectivity index (χ1v) is 7.14. The molecule has 0 aliphatic rings. The van der Waals surface area contributed by atoms with Crippen molar-refractivity contribution in [1.82, 2.24) is 0 Å². The minimum atomic E-state index is 0.790. The second-order valence-electron chi connectivity index (χ2n) is 4.33. The van der Waals surface area contributed by atoms with Gasteiger partial charge in [-0.25, -0.2) is 0 Å². The molecule has 0 unspecified atom stereocenters. The van der Waals surface area contributed by atoms with Gasteiger partial charge in [0.25, 0.3) is 0 Å². The van der Waals surface area contributed by atoms with Gasteiger partial charge < -0.3 is 11.1 Å². The van der Waals surface area contributed by atoms with Crippen LogP contribution >= 0.6 is 31.9 Å². The highest BCUT2D eigenvalue weighted by Gasteiger charge is 2.05. The largest absolute Gasteiger partial charge is 0.398 e. The van der Waals surface area contributed by atoms with Crippen LogP contribution in [-0.2, 0) is 0 Å². The van der Waals surface area contributed by atoms with E-state index in [1.165, 1.54) is 5.56 Å². The number of rotatable bonds is 2. The molecule has 94 valence electrons. The highest BCUT2D eigenvalue weighted by molar-refractivity contribution is 9.10. The summed E-state index contributed by atoms with van der Waals surface area (Å²) in [5, 5.41) is 3.39. The van der Waals surface area contributed by atoms with Crippen molar-refractivity contribution in [1.29, 1.82) is 0 Å². The summed E-state index contributed by atoms with van der Waals surface area (Å²) < 4.78 is 2.02. The molecule has 2 aromatic carbocycles. The number of hydrogen-bond donors (Lipinski definition) is 2. The van der Waals surface area contributed by atoms with E-state index in [1.54, 1.807) is 0 Å². The topological polar surface area (TPSA) is 38.0 Å². The van der Waals surface area contributed by atoms with Gasteiger partial charge in [-0.1, -0.05) is 15.9 Å². The maximum absolute atomic E-state index is 5.87. The summed E-state index contributed by atoms with van der Waals surface area (Å²) in [4.78, 5) is 0. The fraction of sp³-hybridized carbons (Fsp3) is 0.143. The molecule has 2 nitrogen and oxygen atoms in total. The van der Waals surface area contributed by atoms with Crippen LogP contribution in [0.2, 0.25) is 0 Å². The fourth-order valence-electron chi connectivity index (χ4n) is 1.76. The predicted octanol–water partition coefficient (Wildman–Crippen LogP) is 5.15. The van der Waals surface area contributed by atoms with Gasteiger partial charge in [0, 0.05) is 20.3 Å². The van der Waals surface area contributed by atoms with Crippen molar-refractivity contribution >= 4 is 48.9 Å². The quantitative estimate of drug-likeness (QED) is 0.718. The van der Waals surface area contributed by atoms with Gasteiger partial charge >= 0.3 is 0 Å². The molecule has 2 rings (SSSR count). The summed E-state index contributed by atoms with van der Waals surface area (Å²) in [6.07, 6.45) is 0. The van der Waals surface area contributed by atoms with Crippen LogP contribution in [0.1, 0.15) is 11.1 Å². The third-order valence-electron chi connectivity index (χ3n) is 2.68. The zero-order valence-corrected chi connectivity index (χ0v) is 13.4. The van der Waals surface area contributed by atoms with Gasteiger partial charge in [0.15, 0.2) is 0 Å². The molecule has 0 amide bonds. The van der Waals surface area contributed by atoms with Crippen LogP contribution in [0.3, 0.4) is 0 Å². The Morgan fingerprint density at radius 3 is 2.39 bits per heavy atom. The summed E-state index contributed by atoms with van der Waals surface area (Å²) in [5.74, 6) is 0. The van der Waals surface area contributed by atoms with Crippen molar-refractivity contribution in [2.75, 3.05) is 11.1 Å². The molecule has 0 aliphatic carbocycles. The SMILES string of the molecule is Cc1cc(Br)cc(Nc2cc(C)c(N)cc2Br)c1. The van der Waals surface area contributed by atoms with Crippen LogP contribution in [0.4, 0.5) is 17.1 Å². The second-order valence-corrected chi connectivity index (χ2v) is 6.10. The lowest BCUT2D eigenvalue weighted by molar-refractivity contribution is 1.40. The van der Waals surface area contributed by atoms with E-state index in [0.29, 0.717) is 0 Å². The first-order chi connectivity index (χ1) is 8.45. The van der Waals surface area contributed by atoms with E-state index in [4.69, 9.17) is 5.73 Å². The number of hydrogen-bond acceptors (Lipinski definition) is 2. The average Bonchev–Trinajstić information content (AvgIpc) is 2.24. The van der Waals surface area contributed by atoms with Gasteiger partial charge in [-0.3, -0.25) is 0 Å². The number of nitrogens with two attached hydrogens (primary N) is 1. The van der Waals surface area contributed by atoms with Crippen molar-refractivity contribution in [3.05, 3.63) is 50.4 Å². The van der Waals surface area contributed by atoms with E-state index in [0.717, 1.165) is 31.6 Å². The molecule has 4 heteroatoms. The molecule has 0 saturated carbocycles. The number of aryl methyl sites for hydroxylation is 2. The second kappa shape index (κ2) is 5.33. The highest BCUT2D eigenvalue weighted by Crippen LogP contribution is 2.31. The van der Waals surface area contributed by atoms with Crippen molar-refractivity contribution < 1.29 is 0 Å². The Bertz CT molecular complexity index is 574. The number of nitrogens with one attached hydrogen (secondary N) is 1. The Hall–Kier alpha value is -1.00. The van der Waals surface area contributed by atoms with E-state index in [9.17, 15) is 0 Å². The van der Waals surface area contributed by atoms with Gasteiger partial charge in [0.1, 0.15) is 0 Å². The van der Waals surface area contributed by atoms with Crippen LogP contribution in [0.15, 0.2) is 39.3 Å². The Morgan fingerprint density at radius 2 is 1.72 bits per heavy atom. The number of benzene rings is 2. The Morgan fingerprint density at radius 1 is 1.00 bits per heavy atom. The molecular formula is C14H14Br2N2. The maximum Gasteiger partial charge on any atom is 0.0532 e. The Balaban J connectivity index is 2.36. The third kappa shape index (κ3) is 3.06. The Kier molecular flexibility index (Phi) is 3.97. The van der Waals surface area contributed by atoms with Crippen molar-refractivity contribution in [2.24, 2.45) is 0 Å². The van der Waals surface area contributed by atoms with Gasteiger partial charge in [0.2, 0.25) is 0 Å². The van der Waals surface area contributed by atoms with Gasteiger partial charge in [0.05, 0.1) is 5.69 Å².